The van der Waals surface area contributed by atoms with Gasteiger partial charge >= 0.3 is 6.03 Å². The Morgan fingerprint density at radius 2 is 2.24 bits per heavy atom. The molecule has 1 aromatic carbocycles. The molecule has 0 unspecified atom stereocenters. The molecular formula is C19H25ClN4O. The number of hydrogen-bond acceptors (Lipinski definition) is 3. The van der Waals surface area contributed by atoms with Gasteiger partial charge in [0.2, 0.25) is 0 Å². The Bertz CT molecular complexity index is 751. The van der Waals surface area contributed by atoms with Gasteiger partial charge in [-0.05, 0) is 56.6 Å². The van der Waals surface area contributed by atoms with Crippen LogP contribution in [-0.4, -0.2) is 53.5 Å². The highest BCUT2D eigenvalue weighted by Gasteiger charge is 2.25. The van der Waals surface area contributed by atoms with Gasteiger partial charge in [0.1, 0.15) is 0 Å². The second kappa shape index (κ2) is 8.02. The smallest absolute Gasteiger partial charge is 0.321 e. The van der Waals surface area contributed by atoms with Crippen molar-refractivity contribution in [3.63, 3.8) is 0 Å². The second-order valence-corrected chi connectivity index (χ2v) is 6.92. The molecule has 1 fully saturated rings. The van der Waals surface area contributed by atoms with E-state index in [0.717, 1.165) is 43.7 Å². The number of nitrogens with one attached hydrogen (secondary N) is 1. The summed E-state index contributed by atoms with van der Waals surface area (Å²) in [6.45, 7) is 8.99. The third-order valence-electron chi connectivity index (χ3n) is 4.93. The molecule has 2 heterocycles. The Morgan fingerprint density at radius 3 is 2.96 bits per heavy atom. The Balaban J connectivity index is 1.71. The van der Waals surface area contributed by atoms with Gasteiger partial charge in [-0.1, -0.05) is 18.5 Å². The maximum Gasteiger partial charge on any atom is 0.321 e. The number of amides is 2. The predicted molar refractivity (Wildman–Crippen MR) is 103 cm³/mol. The maximum atomic E-state index is 12.8. The number of aromatic nitrogens is 1. The van der Waals surface area contributed by atoms with Crippen LogP contribution >= 0.6 is 11.6 Å². The van der Waals surface area contributed by atoms with E-state index >= 15 is 0 Å². The molecule has 1 N–H and O–H groups in total. The van der Waals surface area contributed by atoms with Crippen LogP contribution in [0, 0.1) is 5.92 Å². The molecule has 1 aromatic heterocycles. The van der Waals surface area contributed by atoms with E-state index in [2.05, 4.69) is 22.1 Å². The van der Waals surface area contributed by atoms with E-state index in [1.54, 1.807) is 12.3 Å². The quantitative estimate of drug-likeness (QED) is 0.873. The topological polar surface area (TPSA) is 48.5 Å². The van der Waals surface area contributed by atoms with Crippen LogP contribution in [0.25, 0.3) is 10.9 Å². The summed E-state index contributed by atoms with van der Waals surface area (Å²) in [4.78, 5) is 21.4. The molecule has 1 atom stereocenters. The number of nitrogens with zero attached hydrogens (tertiary/aromatic N) is 3. The molecule has 0 radical (unpaired) electrons. The average molecular weight is 361 g/mol. The van der Waals surface area contributed by atoms with Crippen LogP contribution < -0.4 is 5.32 Å². The molecule has 134 valence electrons. The van der Waals surface area contributed by atoms with Crippen LogP contribution in [0.15, 0.2) is 30.5 Å². The summed E-state index contributed by atoms with van der Waals surface area (Å²) in [6, 6.07) is 7.33. The number of hydrogen-bond donors (Lipinski definition) is 1. The van der Waals surface area contributed by atoms with Gasteiger partial charge in [0.15, 0.2) is 0 Å². The van der Waals surface area contributed by atoms with Crippen molar-refractivity contribution >= 4 is 34.2 Å². The average Bonchev–Trinajstić information content (AvgIpc) is 3.10. The van der Waals surface area contributed by atoms with Gasteiger partial charge in [0.05, 0.1) is 16.2 Å². The van der Waals surface area contributed by atoms with E-state index in [-0.39, 0.29) is 6.03 Å². The summed E-state index contributed by atoms with van der Waals surface area (Å²) >= 11 is 6.21. The molecule has 25 heavy (non-hydrogen) atoms. The first-order chi connectivity index (χ1) is 12.1. The van der Waals surface area contributed by atoms with E-state index in [1.165, 1.54) is 0 Å². The van der Waals surface area contributed by atoms with Crippen LogP contribution in [0.4, 0.5) is 10.5 Å². The number of benzene rings is 1. The Labute approximate surface area is 154 Å². The molecule has 6 heteroatoms. The highest BCUT2D eigenvalue weighted by Crippen LogP contribution is 2.28. The lowest BCUT2D eigenvalue weighted by Gasteiger charge is -2.25. The van der Waals surface area contributed by atoms with Gasteiger partial charge in [-0.15, -0.1) is 0 Å². The standard InChI is InChI=1S/C19H25ClN4O/c1-3-23-11-9-14(12-23)13-24(4-2)19(25)22-17-8-7-16(20)18-15(17)6-5-10-21-18/h5-8,10,14H,3-4,9,11-13H2,1-2H3,(H,22,25)/t14-/m0/s1. The fraction of sp³-hybridized carbons (Fsp3) is 0.474. The molecule has 3 rings (SSSR count). The van der Waals surface area contributed by atoms with Gasteiger partial charge in [-0.2, -0.15) is 0 Å². The normalized spacial score (nSPS) is 17.8. The number of urea groups is 1. The number of pyridine rings is 1. The maximum absolute atomic E-state index is 12.8. The van der Waals surface area contributed by atoms with E-state index in [1.807, 2.05) is 30.0 Å². The molecule has 1 aliphatic rings. The minimum absolute atomic E-state index is 0.0649. The predicted octanol–water partition coefficient (Wildman–Crippen LogP) is 4.08. The number of halogens is 1. The lowest BCUT2D eigenvalue weighted by molar-refractivity contribution is 0.203. The van der Waals surface area contributed by atoms with E-state index in [4.69, 9.17) is 11.6 Å². The van der Waals surface area contributed by atoms with Crippen molar-refractivity contribution in [2.75, 3.05) is 38.0 Å². The lowest BCUT2D eigenvalue weighted by Crippen LogP contribution is -2.39. The zero-order chi connectivity index (χ0) is 17.8. The molecule has 5 nitrogen and oxygen atoms in total. The van der Waals surface area contributed by atoms with Crippen LogP contribution in [0.1, 0.15) is 20.3 Å². The zero-order valence-electron chi connectivity index (χ0n) is 14.8. The molecule has 0 bridgehead atoms. The highest BCUT2D eigenvalue weighted by molar-refractivity contribution is 6.35. The first-order valence-electron chi connectivity index (χ1n) is 8.93. The van der Waals surface area contributed by atoms with Crippen LogP contribution in [0.3, 0.4) is 0 Å². The first kappa shape index (κ1) is 18.0. The largest absolute Gasteiger partial charge is 0.324 e. The van der Waals surface area contributed by atoms with Crippen LogP contribution in [0.5, 0.6) is 0 Å². The number of carbonyl (C=O) groups is 1. The van der Waals surface area contributed by atoms with E-state index in [9.17, 15) is 4.79 Å². The summed E-state index contributed by atoms with van der Waals surface area (Å²) in [6.07, 6.45) is 2.86. The van der Waals surface area contributed by atoms with Crippen molar-refractivity contribution in [1.29, 1.82) is 0 Å². The fourth-order valence-electron chi connectivity index (χ4n) is 3.46. The van der Waals surface area contributed by atoms with Crippen molar-refractivity contribution in [1.82, 2.24) is 14.8 Å². The minimum Gasteiger partial charge on any atom is -0.324 e. The fourth-order valence-corrected chi connectivity index (χ4v) is 3.67. The van der Waals surface area contributed by atoms with Gasteiger partial charge in [0, 0.05) is 31.2 Å². The summed E-state index contributed by atoms with van der Waals surface area (Å²) in [5.74, 6) is 0.550. The summed E-state index contributed by atoms with van der Waals surface area (Å²) in [5, 5.41) is 4.49. The number of carbonyl (C=O) groups excluding carboxylic acids is 1. The second-order valence-electron chi connectivity index (χ2n) is 6.51. The molecule has 0 spiro atoms. The van der Waals surface area contributed by atoms with E-state index in [0.29, 0.717) is 23.0 Å². The zero-order valence-corrected chi connectivity index (χ0v) is 15.6. The van der Waals surface area contributed by atoms with E-state index < -0.39 is 0 Å². The minimum atomic E-state index is -0.0649. The molecule has 1 aliphatic heterocycles. The van der Waals surface area contributed by atoms with Crippen molar-refractivity contribution in [3.8, 4) is 0 Å². The van der Waals surface area contributed by atoms with Crippen molar-refractivity contribution < 1.29 is 4.79 Å². The molecule has 2 amide bonds. The lowest BCUT2D eigenvalue weighted by atomic mass is 10.1. The van der Waals surface area contributed by atoms with Crippen LogP contribution in [0.2, 0.25) is 5.02 Å². The molecule has 2 aromatic rings. The van der Waals surface area contributed by atoms with Crippen molar-refractivity contribution in [3.05, 3.63) is 35.5 Å². The molecule has 1 saturated heterocycles. The SMILES string of the molecule is CCN1CC[C@H](CN(CC)C(=O)Nc2ccc(Cl)c3ncccc23)C1. The molecule has 0 saturated carbocycles. The summed E-state index contributed by atoms with van der Waals surface area (Å²) in [7, 11) is 0. The number of rotatable bonds is 5. The molecule has 0 aliphatic carbocycles. The van der Waals surface area contributed by atoms with Crippen LogP contribution in [-0.2, 0) is 0 Å². The van der Waals surface area contributed by atoms with Gasteiger partial charge < -0.3 is 15.1 Å². The number of likely N-dealkylation sites (tertiary alicyclic amines) is 1. The Hall–Kier alpha value is -1.85. The Morgan fingerprint density at radius 1 is 1.40 bits per heavy atom. The first-order valence-corrected chi connectivity index (χ1v) is 9.31. The number of anilines is 1. The van der Waals surface area contributed by atoms with Gasteiger partial charge in [-0.3, -0.25) is 4.98 Å². The van der Waals surface area contributed by atoms with Gasteiger partial charge in [0.25, 0.3) is 0 Å². The highest BCUT2D eigenvalue weighted by atomic mass is 35.5. The monoisotopic (exact) mass is 360 g/mol. The third kappa shape index (κ3) is 4.05. The Kier molecular flexibility index (Phi) is 5.76. The van der Waals surface area contributed by atoms with Crippen molar-refractivity contribution in [2.45, 2.75) is 20.3 Å². The summed E-state index contributed by atoms with van der Waals surface area (Å²) in [5.41, 5.74) is 1.46. The number of fused-ring (bicyclic) bond motifs is 1. The van der Waals surface area contributed by atoms with Gasteiger partial charge in [-0.25, -0.2) is 4.79 Å². The molecular weight excluding hydrogens is 336 g/mol. The summed E-state index contributed by atoms with van der Waals surface area (Å²) < 4.78 is 0. The van der Waals surface area contributed by atoms with Crippen molar-refractivity contribution in [2.24, 2.45) is 5.92 Å². The third-order valence-corrected chi connectivity index (χ3v) is 5.23.